The molecule has 0 N–H and O–H groups in total. The molecule has 0 aromatic carbocycles. The Hall–Kier alpha value is -0.340. The molecule has 15 heavy (non-hydrogen) atoms. The molecule has 2 saturated heterocycles. The minimum Gasteiger partial charge on any atom is -0.369 e. The Bertz CT molecular complexity index is 310. The Morgan fingerprint density at radius 1 is 1.53 bits per heavy atom. The van der Waals surface area contributed by atoms with E-state index in [2.05, 4.69) is 18.7 Å². The van der Waals surface area contributed by atoms with Crippen molar-refractivity contribution >= 4 is 0 Å². The monoisotopic (exact) mass is 207 g/mol. The van der Waals surface area contributed by atoms with Gasteiger partial charge >= 0.3 is 0 Å². The fourth-order valence-corrected chi connectivity index (χ4v) is 3.66. The summed E-state index contributed by atoms with van der Waals surface area (Å²) in [6.07, 6.45) is 3.71. The average molecular weight is 207 g/mol. The van der Waals surface area contributed by atoms with Crippen LogP contribution in [0.5, 0.6) is 0 Å². The minimum atomic E-state index is 0.209. The van der Waals surface area contributed by atoms with E-state index in [9.17, 15) is 0 Å². The van der Waals surface area contributed by atoms with E-state index in [1.54, 1.807) is 11.1 Å². The van der Waals surface area contributed by atoms with Crippen molar-refractivity contribution in [3.8, 4) is 0 Å². The van der Waals surface area contributed by atoms with Crippen LogP contribution in [-0.2, 0) is 4.74 Å². The van der Waals surface area contributed by atoms with E-state index in [0.717, 1.165) is 18.9 Å². The lowest BCUT2D eigenvalue weighted by atomic mass is 9.79. The molecule has 0 aromatic heterocycles. The van der Waals surface area contributed by atoms with Crippen molar-refractivity contribution < 1.29 is 4.74 Å². The molecule has 0 aromatic rings. The van der Waals surface area contributed by atoms with Crippen LogP contribution in [0.3, 0.4) is 0 Å². The maximum absolute atomic E-state index is 6.23. The summed E-state index contributed by atoms with van der Waals surface area (Å²) in [7, 11) is 0. The second kappa shape index (κ2) is 3.33. The zero-order valence-electron chi connectivity index (χ0n) is 9.88. The smallest absolute Gasteiger partial charge is 0.0890 e. The van der Waals surface area contributed by atoms with Gasteiger partial charge in [-0.1, -0.05) is 12.5 Å². The standard InChI is InChI=1S/C13H21NO/c1-3-11-8-15-13(6-10(11)2)9-14-5-4-12(13)7-14/h12H,3-9H2,1-2H3/t12?,13-/m0/s1. The lowest BCUT2D eigenvalue weighted by Gasteiger charge is -2.41. The molecule has 3 aliphatic rings. The van der Waals surface area contributed by atoms with Gasteiger partial charge in [-0.15, -0.1) is 0 Å². The first-order valence-electron chi connectivity index (χ1n) is 6.27. The molecular formula is C13H21NO. The molecule has 3 heterocycles. The Kier molecular flexibility index (Phi) is 2.18. The van der Waals surface area contributed by atoms with Crippen LogP contribution >= 0.6 is 0 Å². The van der Waals surface area contributed by atoms with Crippen LogP contribution in [-0.4, -0.2) is 36.7 Å². The van der Waals surface area contributed by atoms with E-state index in [1.165, 1.54) is 32.5 Å². The van der Waals surface area contributed by atoms with Gasteiger partial charge in [0.15, 0.2) is 0 Å². The Morgan fingerprint density at radius 3 is 2.93 bits per heavy atom. The highest BCUT2D eigenvalue weighted by Crippen LogP contribution is 2.45. The molecule has 2 nitrogen and oxygen atoms in total. The van der Waals surface area contributed by atoms with E-state index in [0.29, 0.717) is 0 Å². The molecule has 3 rings (SSSR count). The van der Waals surface area contributed by atoms with Crippen molar-refractivity contribution in [2.75, 3.05) is 26.2 Å². The van der Waals surface area contributed by atoms with Crippen molar-refractivity contribution in [1.29, 1.82) is 0 Å². The molecule has 0 amide bonds. The van der Waals surface area contributed by atoms with Crippen LogP contribution in [0, 0.1) is 5.92 Å². The third kappa shape index (κ3) is 1.38. The highest BCUT2D eigenvalue weighted by atomic mass is 16.5. The highest BCUT2D eigenvalue weighted by molar-refractivity contribution is 5.22. The van der Waals surface area contributed by atoms with E-state index in [-0.39, 0.29) is 5.60 Å². The zero-order chi connectivity index (χ0) is 10.5. The first kappa shape index (κ1) is 9.86. The SMILES string of the molecule is CCC1=C(C)C[C@@]2(CN3CCC2C3)OC1. The zero-order valence-corrected chi connectivity index (χ0v) is 9.88. The lowest BCUT2D eigenvalue weighted by Crippen LogP contribution is -2.47. The van der Waals surface area contributed by atoms with Gasteiger partial charge < -0.3 is 9.64 Å². The van der Waals surface area contributed by atoms with Gasteiger partial charge in [-0.05, 0) is 38.3 Å². The Morgan fingerprint density at radius 2 is 2.40 bits per heavy atom. The summed E-state index contributed by atoms with van der Waals surface area (Å²) in [5.41, 5.74) is 3.36. The average Bonchev–Trinajstić information content (AvgIpc) is 2.78. The third-order valence-electron chi connectivity index (χ3n) is 4.64. The van der Waals surface area contributed by atoms with Crippen LogP contribution in [0.15, 0.2) is 11.1 Å². The Labute approximate surface area is 92.3 Å². The normalized spacial score (nSPS) is 44.4. The minimum absolute atomic E-state index is 0.209. The van der Waals surface area contributed by atoms with Gasteiger partial charge in [-0.2, -0.15) is 0 Å². The summed E-state index contributed by atoms with van der Waals surface area (Å²) in [6.45, 7) is 9.22. The quantitative estimate of drug-likeness (QED) is 0.611. The van der Waals surface area contributed by atoms with Gasteiger partial charge in [0.05, 0.1) is 12.2 Å². The molecule has 2 bridgehead atoms. The number of nitrogens with zero attached hydrogens (tertiary/aromatic N) is 1. The fraction of sp³-hybridized carbons (Fsp3) is 0.846. The van der Waals surface area contributed by atoms with Gasteiger partial charge in [0.2, 0.25) is 0 Å². The number of ether oxygens (including phenoxy) is 1. The molecular weight excluding hydrogens is 186 g/mol. The van der Waals surface area contributed by atoms with Gasteiger partial charge in [0.1, 0.15) is 0 Å². The van der Waals surface area contributed by atoms with E-state index in [4.69, 9.17) is 4.74 Å². The summed E-state index contributed by atoms with van der Waals surface area (Å²) >= 11 is 0. The van der Waals surface area contributed by atoms with E-state index < -0.39 is 0 Å². The molecule has 0 aliphatic carbocycles. The Balaban J connectivity index is 1.83. The van der Waals surface area contributed by atoms with Gasteiger partial charge in [0.25, 0.3) is 0 Å². The molecule has 3 atom stereocenters. The van der Waals surface area contributed by atoms with Crippen LogP contribution in [0.2, 0.25) is 0 Å². The van der Waals surface area contributed by atoms with Crippen LogP contribution in [0.25, 0.3) is 0 Å². The van der Waals surface area contributed by atoms with Crippen molar-refractivity contribution in [3.05, 3.63) is 11.1 Å². The predicted molar refractivity (Wildman–Crippen MR) is 60.8 cm³/mol. The van der Waals surface area contributed by atoms with Crippen LogP contribution in [0.4, 0.5) is 0 Å². The summed E-state index contributed by atoms with van der Waals surface area (Å²) < 4.78 is 6.23. The van der Waals surface area contributed by atoms with Crippen LogP contribution in [0.1, 0.15) is 33.1 Å². The second-order valence-corrected chi connectivity index (χ2v) is 5.49. The van der Waals surface area contributed by atoms with Crippen molar-refractivity contribution in [2.24, 2.45) is 5.92 Å². The van der Waals surface area contributed by atoms with Gasteiger partial charge in [0, 0.05) is 19.0 Å². The number of hydrogen-bond donors (Lipinski definition) is 0. The number of rotatable bonds is 1. The van der Waals surface area contributed by atoms with Gasteiger partial charge in [-0.3, -0.25) is 0 Å². The fourth-order valence-electron chi connectivity index (χ4n) is 3.66. The second-order valence-electron chi connectivity index (χ2n) is 5.49. The molecule has 0 radical (unpaired) electrons. The highest BCUT2D eigenvalue weighted by Gasteiger charge is 2.52. The maximum atomic E-state index is 6.23. The summed E-state index contributed by atoms with van der Waals surface area (Å²) in [5, 5.41) is 0. The number of fused-ring (bicyclic) bond motifs is 3. The number of hydrogen-bond acceptors (Lipinski definition) is 2. The molecule has 2 unspecified atom stereocenters. The third-order valence-corrected chi connectivity index (χ3v) is 4.64. The predicted octanol–water partition coefficient (Wildman–Crippen LogP) is 2.21. The summed E-state index contributed by atoms with van der Waals surface area (Å²) in [4.78, 5) is 2.58. The van der Waals surface area contributed by atoms with E-state index >= 15 is 0 Å². The molecule has 2 heteroatoms. The van der Waals surface area contributed by atoms with Gasteiger partial charge in [-0.25, -0.2) is 0 Å². The first-order valence-corrected chi connectivity index (χ1v) is 6.27. The molecule has 0 saturated carbocycles. The number of piperidine rings is 1. The molecule has 2 fully saturated rings. The van der Waals surface area contributed by atoms with Crippen molar-refractivity contribution in [1.82, 2.24) is 4.90 Å². The molecule has 3 aliphatic heterocycles. The van der Waals surface area contributed by atoms with Crippen LogP contribution < -0.4 is 0 Å². The molecule has 84 valence electrons. The van der Waals surface area contributed by atoms with Crippen molar-refractivity contribution in [3.63, 3.8) is 0 Å². The molecule has 1 spiro atoms. The summed E-state index contributed by atoms with van der Waals surface area (Å²) in [5.74, 6) is 0.811. The van der Waals surface area contributed by atoms with E-state index in [1.807, 2.05) is 0 Å². The largest absolute Gasteiger partial charge is 0.369 e. The topological polar surface area (TPSA) is 12.5 Å². The first-order chi connectivity index (χ1) is 7.23. The summed E-state index contributed by atoms with van der Waals surface area (Å²) in [6, 6.07) is 0. The lowest BCUT2D eigenvalue weighted by molar-refractivity contribution is -0.0755. The van der Waals surface area contributed by atoms with Crippen molar-refractivity contribution in [2.45, 2.75) is 38.7 Å². The maximum Gasteiger partial charge on any atom is 0.0890 e.